The highest BCUT2D eigenvalue weighted by atomic mass is 14.1. The highest BCUT2D eigenvalue weighted by Gasteiger charge is 2.02. The van der Waals surface area contributed by atoms with Gasteiger partial charge in [0, 0.05) is 0 Å². The fourth-order valence-electron chi connectivity index (χ4n) is 3.55. The molecule has 1 rings (SSSR count). The standard InChI is InChI=1S/C26H42/c1-5-7-8-9-10-11-12-13-14-17-23(3)20-21-24(4)22-26-19-16-15-18-25(26)6-2/h15-16,18-21,23H,4-14,17,22H2,1-3H3/b21-20-. The van der Waals surface area contributed by atoms with Crippen LogP contribution in [0.15, 0.2) is 48.6 Å². The van der Waals surface area contributed by atoms with Crippen LogP contribution in [0, 0.1) is 5.92 Å². The SMILES string of the molecule is C=C(/C=C\C(C)CCCCCCCCCCC)Cc1ccccc1CC. The zero-order chi connectivity index (χ0) is 19.0. The van der Waals surface area contributed by atoms with Crippen LogP contribution in [-0.2, 0) is 12.8 Å². The highest BCUT2D eigenvalue weighted by Crippen LogP contribution is 2.17. The van der Waals surface area contributed by atoms with Crippen molar-refractivity contribution in [1.82, 2.24) is 0 Å². The van der Waals surface area contributed by atoms with Crippen molar-refractivity contribution in [2.45, 2.75) is 97.8 Å². The van der Waals surface area contributed by atoms with E-state index >= 15 is 0 Å². The van der Waals surface area contributed by atoms with Crippen molar-refractivity contribution < 1.29 is 0 Å². The maximum atomic E-state index is 4.26. The number of hydrogen-bond donors (Lipinski definition) is 0. The van der Waals surface area contributed by atoms with Crippen LogP contribution in [0.2, 0.25) is 0 Å². The molecule has 146 valence electrons. The summed E-state index contributed by atoms with van der Waals surface area (Å²) in [5, 5.41) is 0. The Morgan fingerprint density at radius 1 is 0.885 bits per heavy atom. The van der Waals surface area contributed by atoms with Gasteiger partial charge in [-0.3, -0.25) is 0 Å². The zero-order valence-electron chi connectivity index (χ0n) is 17.7. The van der Waals surface area contributed by atoms with Gasteiger partial charge in [0.25, 0.3) is 0 Å². The topological polar surface area (TPSA) is 0 Å². The molecule has 0 saturated heterocycles. The summed E-state index contributed by atoms with van der Waals surface area (Å²) < 4.78 is 0. The first-order valence-corrected chi connectivity index (χ1v) is 11.1. The Bertz CT molecular complexity index is 509. The average molecular weight is 355 g/mol. The number of rotatable bonds is 15. The molecule has 0 aromatic heterocycles. The van der Waals surface area contributed by atoms with Gasteiger partial charge in [-0.1, -0.05) is 127 Å². The molecule has 1 unspecified atom stereocenters. The lowest BCUT2D eigenvalue weighted by molar-refractivity contribution is 0.529. The Morgan fingerprint density at radius 2 is 1.46 bits per heavy atom. The molecule has 0 N–H and O–H groups in total. The molecule has 0 spiro atoms. The van der Waals surface area contributed by atoms with Crippen LogP contribution in [0.4, 0.5) is 0 Å². The minimum atomic E-state index is 0.665. The van der Waals surface area contributed by atoms with Crippen LogP contribution in [0.3, 0.4) is 0 Å². The molecule has 0 saturated carbocycles. The molecular weight excluding hydrogens is 312 g/mol. The molecule has 1 atom stereocenters. The quantitative estimate of drug-likeness (QED) is 0.219. The number of aryl methyl sites for hydroxylation is 1. The number of hydrogen-bond acceptors (Lipinski definition) is 0. The molecule has 1 aromatic rings. The third-order valence-corrected chi connectivity index (χ3v) is 5.34. The molecule has 0 bridgehead atoms. The molecular formula is C26H42. The Kier molecular flexibility index (Phi) is 13.0. The monoisotopic (exact) mass is 354 g/mol. The third kappa shape index (κ3) is 10.6. The van der Waals surface area contributed by atoms with Gasteiger partial charge in [-0.25, -0.2) is 0 Å². The minimum absolute atomic E-state index is 0.665. The lowest BCUT2D eigenvalue weighted by atomic mass is 9.97. The highest BCUT2D eigenvalue weighted by molar-refractivity contribution is 5.33. The second-order valence-electron chi connectivity index (χ2n) is 7.91. The first-order chi connectivity index (χ1) is 12.7. The molecule has 26 heavy (non-hydrogen) atoms. The zero-order valence-corrected chi connectivity index (χ0v) is 17.7. The molecule has 0 heteroatoms. The van der Waals surface area contributed by atoms with Crippen molar-refractivity contribution in [2.75, 3.05) is 0 Å². The van der Waals surface area contributed by atoms with E-state index in [0.717, 1.165) is 12.8 Å². The van der Waals surface area contributed by atoms with E-state index in [0.29, 0.717) is 5.92 Å². The van der Waals surface area contributed by atoms with Crippen molar-refractivity contribution in [3.8, 4) is 0 Å². The van der Waals surface area contributed by atoms with Crippen molar-refractivity contribution in [3.63, 3.8) is 0 Å². The Labute approximate surface area is 163 Å². The van der Waals surface area contributed by atoms with Crippen LogP contribution in [0.5, 0.6) is 0 Å². The largest absolute Gasteiger partial charge is 0.0955 e. The van der Waals surface area contributed by atoms with E-state index in [1.54, 1.807) is 0 Å². The van der Waals surface area contributed by atoms with Gasteiger partial charge in [0.05, 0.1) is 0 Å². The predicted octanol–water partition coefficient (Wildman–Crippen LogP) is 8.46. The fourth-order valence-corrected chi connectivity index (χ4v) is 3.55. The van der Waals surface area contributed by atoms with Gasteiger partial charge in [-0.2, -0.15) is 0 Å². The van der Waals surface area contributed by atoms with Crippen LogP contribution in [-0.4, -0.2) is 0 Å². The maximum Gasteiger partial charge on any atom is -0.00290 e. The lowest BCUT2D eigenvalue weighted by Gasteiger charge is -2.09. The molecule has 0 amide bonds. The van der Waals surface area contributed by atoms with Gasteiger partial charge in [-0.05, 0) is 36.3 Å². The Morgan fingerprint density at radius 3 is 2.08 bits per heavy atom. The van der Waals surface area contributed by atoms with E-state index in [2.05, 4.69) is 63.8 Å². The van der Waals surface area contributed by atoms with Gasteiger partial charge in [0.15, 0.2) is 0 Å². The summed E-state index contributed by atoms with van der Waals surface area (Å²) in [5.41, 5.74) is 4.10. The van der Waals surface area contributed by atoms with Crippen LogP contribution in [0.25, 0.3) is 0 Å². The molecule has 0 radical (unpaired) electrons. The number of benzene rings is 1. The summed E-state index contributed by atoms with van der Waals surface area (Å²) in [4.78, 5) is 0. The second-order valence-corrected chi connectivity index (χ2v) is 7.91. The predicted molar refractivity (Wildman–Crippen MR) is 119 cm³/mol. The number of allylic oxidation sites excluding steroid dienone is 3. The lowest BCUT2D eigenvalue weighted by Crippen LogP contribution is -1.95. The van der Waals surface area contributed by atoms with E-state index in [-0.39, 0.29) is 0 Å². The van der Waals surface area contributed by atoms with Crippen LogP contribution >= 0.6 is 0 Å². The molecule has 0 aliphatic rings. The summed E-state index contributed by atoms with van der Waals surface area (Å²) in [7, 11) is 0. The first kappa shape index (κ1) is 22.7. The van der Waals surface area contributed by atoms with E-state index in [1.165, 1.54) is 80.9 Å². The third-order valence-electron chi connectivity index (χ3n) is 5.34. The smallest absolute Gasteiger partial charge is 0.00290 e. The van der Waals surface area contributed by atoms with Gasteiger partial charge in [0.1, 0.15) is 0 Å². The van der Waals surface area contributed by atoms with Gasteiger partial charge >= 0.3 is 0 Å². The molecule has 0 nitrogen and oxygen atoms in total. The minimum Gasteiger partial charge on any atom is -0.0955 e. The average Bonchev–Trinajstić information content (AvgIpc) is 2.65. The van der Waals surface area contributed by atoms with Crippen molar-refractivity contribution in [3.05, 3.63) is 59.7 Å². The van der Waals surface area contributed by atoms with Crippen LogP contribution in [0.1, 0.15) is 96.1 Å². The Hall–Kier alpha value is -1.30. The van der Waals surface area contributed by atoms with Crippen molar-refractivity contribution in [2.24, 2.45) is 5.92 Å². The van der Waals surface area contributed by atoms with Gasteiger partial charge < -0.3 is 0 Å². The summed E-state index contributed by atoms with van der Waals surface area (Å²) in [6, 6.07) is 8.74. The first-order valence-electron chi connectivity index (χ1n) is 11.1. The van der Waals surface area contributed by atoms with Crippen LogP contribution < -0.4 is 0 Å². The second kappa shape index (κ2) is 14.8. The van der Waals surface area contributed by atoms with E-state index < -0.39 is 0 Å². The molecule has 0 heterocycles. The normalized spacial score (nSPS) is 12.6. The van der Waals surface area contributed by atoms with E-state index in [1.807, 2.05) is 0 Å². The van der Waals surface area contributed by atoms with Crippen molar-refractivity contribution >= 4 is 0 Å². The summed E-state index contributed by atoms with van der Waals surface area (Å²) >= 11 is 0. The molecule has 1 aromatic carbocycles. The summed E-state index contributed by atoms with van der Waals surface area (Å²) in [6.07, 6.45) is 20.7. The summed E-state index contributed by atoms with van der Waals surface area (Å²) in [5.74, 6) is 0.665. The fraction of sp³-hybridized carbons (Fsp3) is 0.615. The van der Waals surface area contributed by atoms with Crippen molar-refractivity contribution in [1.29, 1.82) is 0 Å². The number of unbranched alkanes of at least 4 members (excludes halogenated alkanes) is 8. The van der Waals surface area contributed by atoms with E-state index in [4.69, 9.17) is 0 Å². The molecule has 0 aliphatic heterocycles. The molecule has 0 aliphatic carbocycles. The summed E-state index contributed by atoms with van der Waals surface area (Å²) in [6.45, 7) is 11.1. The van der Waals surface area contributed by atoms with E-state index in [9.17, 15) is 0 Å². The maximum absolute atomic E-state index is 4.26. The van der Waals surface area contributed by atoms with Gasteiger partial charge in [-0.15, -0.1) is 0 Å². The Balaban J connectivity index is 2.14. The van der Waals surface area contributed by atoms with Gasteiger partial charge in [0.2, 0.25) is 0 Å². The molecule has 0 fully saturated rings.